The largest absolute Gasteiger partial charge is 0.309 e. The van der Waals surface area contributed by atoms with E-state index in [0.29, 0.717) is 6.54 Å². The molecule has 1 amide bonds. The second-order valence-corrected chi connectivity index (χ2v) is 4.05. The fourth-order valence-corrected chi connectivity index (χ4v) is 1.43. The Morgan fingerprint density at radius 1 is 1.41 bits per heavy atom. The number of aryl methyl sites for hydroxylation is 1. The van der Waals surface area contributed by atoms with E-state index in [9.17, 15) is 4.79 Å². The average Bonchev–Trinajstić information content (AvgIpc) is 2.36. The van der Waals surface area contributed by atoms with Crippen molar-refractivity contribution >= 4 is 5.91 Å². The van der Waals surface area contributed by atoms with Crippen LogP contribution in [0.3, 0.4) is 0 Å². The molecule has 0 saturated carbocycles. The van der Waals surface area contributed by atoms with E-state index < -0.39 is 0 Å². The van der Waals surface area contributed by atoms with Gasteiger partial charge in [0, 0.05) is 0 Å². The number of hydrogen-bond donors (Lipinski definition) is 1. The first kappa shape index (κ1) is 13.7. The number of carbonyl (C=O) groups is 1. The monoisotopic (exact) mass is 236 g/mol. The normalized spacial score (nSPS) is 12.2. The van der Waals surface area contributed by atoms with Gasteiger partial charge in [0.1, 0.15) is 0 Å². The second-order valence-electron chi connectivity index (χ2n) is 4.05. The maximum atomic E-state index is 11.9. The SMILES string of the molecule is CNC(C)C(=O)N(Cc1ccc(C)cc1)OC. The smallest absolute Gasteiger partial charge is 0.263 e. The molecule has 0 spiro atoms. The molecule has 0 aliphatic heterocycles. The molecule has 1 aromatic carbocycles. The molecule has 0 aliphatic rings. The molecule has 1 unspecified atom stereocenters. The summed E-state index contributed by atoms with van der Waals surface area (Å²) in [4.78, 5) is 17.0. The van der Waals surface area contributed by atoms with Crippen molar-refractivity contribution in [2.45, 2.75) is 26.4 Å². The minimum Gasteiger partial charge on any atom is -0.309 e. The number of nitrogens with zero attached hydrogens (tertiary/aromatic N) is 1. The summed E-state index contributed by atoms with van der Waals surface area (Å²) in [6.45, 7) is 4.30. The van der Waals surface area contributed by atoms with Gasteiger partial charge in [0.05, 0.1) is 19.7 Å². The van der Waals surface area contributed by atoms with Crippen LogP contribution in [0.4, 0.5) is 0 Å². The van der Waals surface area contributed by atoms with Gasteiger partial charge in [-0.2, -0.15) is 0 Å². The Labute approximate surface area is 103 Å². The number of likely N-dealkylation sites (N-methyl/N-ethyl adjacent to an activating group) is 1. The zero-order chi connectivity index (χ0) is 12.8. The quantitative estimate of drug-likeness (QED) is 0.788. The molecule has 0 aromatic heterocycles. The van der Waals surface area contributed by atoms with E-state index in [0.717, 1.165) is 5.56 Å². The number of hydrogen-bond acceptors (Lipinski definition) is 3. The van der Waals surface area contributed by atoms with Crippen LogP contribution >= 0.6 is 0 Å². The molecule has 0 fully saturated rings. The van der Waals surface area contributed by atoms with Gasteiger partial charge in [-0.3, -0.25) is 9.63 Å². The average molecular weight is 236 g/mol. The van der Waals surface area contributed by atoms with Crippen molar-refractivity contribution < 1.29 is 9.63 Å². The van der Waals surface area contributed by atoms with Crippen LogP contribution in [0, 0.1) is 6.92 Å². The van der Waals surface area contributed by atoms with E-state index in [1.165, 1.54) is 17.7 Å². The van der Waals surface area contributed by atoms with E-state index in [1.54, 1.807) is 7.05 Å². The molecular formula is C13H20N2O2. The highest BCUT2D eigenvalue weighted by Crippen LogP contribution is 2.08. The molecule has 0 heterocycles. The van der Waals surface area contributed by atoms with Gasteiger partial charge in [0.2, 0.25) is 0 Å². The third-order valence-corrected chi connectivity index (χ3v) is 2.72. The minimum atomic E-state index is -0.250. The molecule has 0 radical (unpaired) electrons. The van der Waals surface area contributed by atoms with Crippen molar-refractivity contribution in [1.29, 1.82) is 0 Å². The van der Waals surface area contributed by atoms with Gasteiger partial charge in [0.15, 0.2) is 0 Å². The summed E-state index contributed by atoms with van der Waals surface area (Å²) in [6, 6.07) is 7.79. The van der Waals surface area contributed by atoms with Crippen LogP contribution < -0.4 is 5.32 Å². The van der Waals surface area contributed by atoms with Crippen molar-refractivity contribution in [2.75, 3.05) is 14.2 Å². The molecular weight excluding hydrogens is 216 g/mol. The Morgan fingerprint density at radius 2 is 2.00 bits per heavy atom. The molecule has 0 aliphatic carbocycles. The van der Waals surface area contributed by atoms with Crippen molar-refractivity contribution in [3.63, 3.8) is 0 Å². The van der Waals surface area contributed by atoms with E-state index in [1.807, 2.05) is 38.1 Å². The lowest BCUT2D eigenvalue weighted by Crippen LogP contribution is -2.42. The number of rotatable bonds is 5. The van der Waals surface area contributed by atoms with Gasteiger partial charge in [-0.05, 0) is 26.5 Å². The lowest BCUT2D eigenvalue weighted by molar-refractivity contribution is -0.181. The Morgan fingerprint density at radius 3 is 2.47 bits per heavy atom. The Balaban J connectivity index is 2.69. The number of nitrogens with one attached hydrogen (secondary N) is 1. The molecule has 4 heteroatoms. The van der Waals surface area contributed by atoms with E-state index in [2.05, 4.69) is 5.32 Å². The van der Waals surface area contributed by atoms with Gasteiger partial charge >= 0.3 is 0 Å². The van der Waals surface area contributed by atoms with Crippen molar-refractivity contribution in [3.05, 3.63) is 35.4 Å². The molecule has 0 saturated heterocycles. The van der Waals surface area contributed by atoms with Crippen LogP contribution in [0.25, 0.3) is 0 Å². The molecule has 1 N–H and O–H groups in total. The van der Waals surface area contributed by atoms with Gasteiger partial charge in [0.25, 0.3) is 5.91 Å². The summed E-state index contributed by atoms with van der Waals surface area (Å²) < 4.78 is 0. The Bertz CT molecular complexity index is 362. The summed E-state index contributed by atoms with van der Waals surface area (Å²) in [7, 11) is 3.26. The van der Waals surface area contributed by atoms with Crippen LogP contribution in [0.1, 0.15) is 18.1 Å². The molecule has 4 nitrogen and oxygen atoms in total. The van der Waals surface area contributed by atoms with E-state index >= 15 is 0 Å². The lowest BCUT2D eigenvalue weighted by atomic mass is 10.1. The van der Waals surface area contributed by atoms with Crippen LogP contribution in [-0.2, 0) is 16.2 Å². The zero-order valence-corrected chi connectivity index (χ0v) is 10.9. The number of amides is 1. The van der Waals surface area contributed by atoms with Gasteiger partial charge in [-0.1, -0.05) is 29.8 Å². The van der Waals surface area contributed by atoms with Crippen molar-refractivity contribution in [2.24, 2.45) is 0 Å². The maximum absolute atomic E-state index is 11.9. The van der Waals surface area contributed by atoms with Crippen LogP contribution in [0.5, 0.6) is 0 Å². The molecule has 17 heavy (non-hydrogen) atoms. The van der Waals surface area contributed by atoms with Gasteiger partial charge in [-0.15, -0.1) is 0 Å². The summed E-state index contributed by atoms with van der Waals surface area (Å²) in [5.41, 5.74) is 2.25. The number of benzene rings is 1. The number of carbonyl (C=O) groups excluding carboxylic acids is 1. The standard InChI is InChI=1S/C13H20N2O2/c1-10-5-7-12(8-6-10)9-15(17-4)13(16)11(2)14-3/h5-8,11,14H,9H2,1-4H3. The predicted molar refractivity (Wildman–Crippen MR) is 67.3 cm³/mol. The molecule has 0 bridgehead atoms. The number of hydroxylamine groups is 2. The first-order valence-electron chi connectivity index (χ1n) is 5.66. The van der Waals surface area contributed by atoms with Gasteiger partial charge < -0.3 is 5.32 Å². The fourth-order valence-electron chi connectivity index (χ4n) is 1.43. The fraction of sp³-hybridized carbons (Fsp3) is 0.462. The second kappa shape index (κ2) is 6.37. The molecule has 1 atom stereocenters. The Kier molecular flexibility index (Phi) is 5.12. The van der Waals surface area contributed by atoms with Crippen LogP contribution in [0.15, 0.2) is 24.3 Å². The highest BCUT2D eigenvalue weighted by Gasteiger charge is 2.19. The third kappa shape index (κ3) is 3.84. The summed E-state index contributed by atoms with van der Waals surface area (Å²) in [5.74, 6) is -0.0735. The van der Waals surface area contributed by atoms with Gasteiger partial charge in [-0.25, -0.2) is 5.06 Å². The van der Waals surface area contributed by atoms with Crippen molar-refractivity contribution in [1.82, 2.24) is 10.4 Å². The summed E-state index contributed by atoms with van der Waals surface area (Å²) in [6.07, 6.45) is 0. The summed E-state index contributed by atoms with van der Waals surface area (Å²) in [5, 5.41) is 4.27. The van der Waals surface area contributed by atoms with E-state index in [-0.39, 0.29) is 11.9 Å². The van der Waals surface area contributed by atoms with Crippen LogP contribution in [-0.4, -0.2) is 31.2 Å². The van der Waals surface area contributed by atoms with Crippen molar-refractivity contribution in [3.8, 4) is 0 Å². The lowest BCUT2D eigenvalue weighted by Gasteiger charge is -2.23. The minimum absolute atomic E-state index is 0.0735. The highest BCUT2D eigenvalue weighted by atomic mass is 16.7. The van der Waals surface area contributed by atoms with E-state index in [4.69, 9.17) is 4.84 Å². The Hall–Kier alpha value is -1.39. The topological polar surface area (TPSA) is 41.6 Å². The first-order chi connectivity index (χ1) is 8.08. The van der Waals surface area contributed by atoms with Crippen LogP contribution in [0.2, 0.25) is 0 Å². The highest BCUT2D eigenvalue weighted by molar-refractivity contribution is 5.80. The first-order valence-corrected chi connectivity index (χ1v) is 5.66. The molecule has 1 aromatic rings. The molecule has 94 valence electrons. The maximum Gasteiger partial charge on any atom is 0.263 e. The third-order valence-electron chi connectivity index (χ3n) is 2.72. The predicted octanol–water partition coefficient (Wildman–Crippen LogP) is 1.49. The molecule has 1 rings (SSSR count). The zero-order valence-electron chi connectivity index (χ0n) is 10.9. The summed E-state index contributed by atoms with van der Waals surface area (Å²) >= 11 is 0.